The third kappa shape index (κ3) is 5.95. The molecule has 204 valence electrons. The zero-order valence-electron chi connectivity index (χ0n) is 20.6. The fraction of sp³-hybridized carbons (Fsp3) is 0.280. The average molecular weight is 544 g/mol. The second-order valence-electron chi connectivity index (χ2n) is 8.19. The van der Waals surface area contributed by atoms with Crippen LogP contribution in [0.1, 0.15) is 21.6 Å². The van der Waals surface area contributed by atoms with Gasteiger partial charge in [-0.25, -0.2) is 9.97 Å². The maximum Gasteiger partial charge on any atom is 0.435 e. The highest BCUT2D eigenvalue weighted by molar-refractivity contribution is 5.98. The lowest BCUT2D eigenvalue weighted by Crippen LogP contribution is -2.28. The number of alkyl halides is 3. The topological polar surface area (TPSA) is 136 Å². The summed E-state index contributed by atoms with van der Waals surface area (Å²) in [6.07, 6.45) is 5.66. The Bertz CT molecular complexity index is 1520. The highest BCUT2D eigenvalue weighted by atomic mass is 19.4. The molecule has 0 unspecified atom stereocenters. The maximum absolute atomic E-state index is 13.7. The smallest absolute Gasteiger partial charge is 0.435 e. The van der Waals surface area contributed by atoms with E-state index in [-0.39, 0.29) is 72.8 Å². The van der Waals surface area contributed by atoms with E-state index in [0.717, 1.165) is 4.68 Å². The number of carbonyl (C=O) groups is 1. The number of aryl methyl sites for hydroxylation is 1. The van der Waals surface area contributed by atoms with E-state index in [1.807, 2.05) is 0 Å². The number of nitrogens with one attached hydrogen (secondary N) is 1. The number of halogens is 3. The number of imidazole rings is 1. The number of fused-ring (bicyclic) bond motifs is 1. The van der Waals surface area contributed by atoms with Crippen molar-refractivity contribution in [1.82, 2.24) is 29.5 Å². The number of carbonyl (C=O) groups excluding carboxylic acids is 1. The van der Waals surface area contributed by atoms with Crippen LogP contribution in [0.5, 0.6) is 17.4 Å². The van der Waals surface area contributed by atoms with Crippen LogP contribution < -0.4 is 10.1 Å². The van der Waals surface area contributed by atoms with Gasteiger partial charge < -0.3 is 25.0 Å². The standard InChI is InChI=1S/C25H23F3N6O5/c1-3-6-33-14-17(21(32-33)25(26,27)28)18-13-31-22-24(30-4-7-34(18)22)39-16-11-15(2)20(19(36)12-16)23(37)29-5-9-38-10-8-35/h1,4,7,11-14,35-36H,5-6,8-10H2,2H3,(H,29,37). The Hall–Kier alpha value is -4.61. The Balaban J connectivity index is 1.61. The molecule has 3 N–H and O–H groups in total. The van der Waals surface area contributed by atoms with Gasteiger partial charge >= 0.3 is 6.18 Å². The van der Waals surface area contributed by atoms with Crippen LogP contribution >= 0.6 is 0 Å². The molecule has 4 aromatic rings. The van der Waals surface area contributed by atoms with E-state index in [4.69, 9.17) is 21.0 Å². The van der Waals surface area contributed by atoms with Gasteiger partial charge in [0.2, 0.25) is 5.65 Å². The predicted octanol–water partition coefficient (Wildman–Crippen LogP) is 2.79. The van der Waals surface area contributed by atoms with E-state index in [1.165, 1.54) is 41.3 Å². The molecule has 0 fully saturated rings. The Kier molecular flexibility index (Phi) is 8.03. The lowest BCUT2D eigenvalue weighted by Gasteiger charge is -2.13. The van der Waals surface area contributed by atoms with Gasteiger partial charge in [-0.1, -0.05) is 5.92 Å². The van der Waals surface area contributed by atoms with Crippen molar-refractivity contribution in [2.45, 2.75) is 19.6 Å². The number of aliphatic hydroxyl groups excluding tert-OH is 1. The number of nitrogens with zero attached hydrogens (tertiary/aromatic N) is 5. The van der Waals surface area contributed by atoms with Crippen LogP contribution in [-0.4, -0.2) is 66.6 Å². The summed E-state index contributed by atoms with van der Waals surface area (Å²) in [4.78, 5) is 20.8. The number of phenolic OH excluding ortho intramolecular Hbond substituents is 1. The van der Waals surface area contributed by atoms with Gasteiger partial charge in [0.05, 0.1) is 42.8 Å². The minimum Gasteiger partial charge on any atom is -0.507 e. The average Bonchev–Trinajstić information content (AvgIpc) is 3.48. The van der Waals surface area contributed by atoms with Crippen molar-refractivity contribution in [3.8, 4) is 41.0 Å². The van der Waals surface area contributed by atoms with Gasteiger partial charge in [-0.3, -0.25) is 13.9 Å². The first-order valence-electron chi connectivity index (χ1n) is 11.5. The number of aliphatic hydroxyl groups is 1. The summed E-state index contributed by atoms with van der Waals surface area (Å²) in [5.41, 5.74) is -0.733. The molecule has 11 nitrogen and oxygen atoms in total. The summed E-state index contributed by atoms with van der Waals surface area (Å²) in [5, 5.41) is 25.4. The van der Waals surface area contributed by atoms with Gasteiger partial charge in [0.25, 0.3) is 11.8 Å². The van der Waals surface area contributed by atoms with Crippen LogP contribution in [0.15, 0.2) is 36.9 Å². The van der Waals surface area contributed by atoms with Crippen LogP contribution in [0.25, 0.3) is 16.9 Å². The second kappa shape index (κ2) is 11.4. The Morgan fingerprint density at radius 3 is 2.74 bits per heavy atom. The summed E-state index contributed by atoms with van der Waals surface area (Å²) in [7, 11) is 0. The molecule has 3 aromatic heterocycles. The molecule has 1 amide bonds. The van der Waals surface area contributed by atoms with Crippen LogP contribution in [0.4, 0.5) is 13.2 Å². The molecule has 3 heterocycles. The predicted molar refractivity (Wildman–Crippen MR) is 131 cm³/mol. The number of amides is 1. The van der Waals surface area contributed by atoms with Gasteiger partial charge in [0, 0.05) is 31.2 Å². The lowest BCUT2D eigenvalue weighted by atomic mass is 10.1. The quantitative estimate of drug-likeness (QED) is 0.205. The van der Waals surface area contributed by atoms with Gasteiger partial charge in [0.1, 0.15) is 18.0 Å². The van der Waals surface area contributed by atoms with E-state index in [1.54, 1.807) is 6.92 Å². The summed E-state index contributed by atoms with van der Waals surface area (Å²) >= 11 is 0. The number of phenols is 1. The Labute approximate surface area is 219 Å². The van der Waals surface area contributed by atoms with E-state index in [0.29, 0.717) is 5.56 Å². The van der Waals surface area contributed by atoms with Crippen molar-refractivity contribution in [2.75, 3.05) is 26.4 Å². The zero-order chi connectivity index (χ0) is 28.2. The first-order chi connectivity index (χ1) is 18.6. The molecule has 0 saturated carbocycles. The molecule has 0 aliphatic heterocycles. The number of hydrogen-bond donors (Lipinski definition) is 3. The second-order valence-corrected chi connectivity index (χ2v) is 8.19. The molecular weight excluding hydrogens is 521 g/mol. The molecule has 0 aliphatic carbocycles. The first-order valence-corrected chi connectivity index (χ1v) is 11.5. The molecule has 0 saturated heterocycles. The highest BCUT2D eigenvalue weighted by Crippen LogP contribution is 2.37. The molecular formula is C25H23F3N6O5. The molecule has 0 radical (unpaired) electrons. The molecule has 1 aromatic carbocycles. The SMILES string of the molecule is C#CCn1cc(-c2cnc3c(Oc4cc(C)c(C(=O)NCCOCCO)c(O)c4)nccn23)c(C(F)(F)F)n1. The van der Waals surface area contributed by atoms with Crippen molar-refractivity contribution in [3.05, 3.63) is 53.7 Å². The van der Waals surface area contributed by atoms with Crippen LogP contribution in [0.2, 0.25) is 0 Å². The monoisotopic (exact) mass is 544 g/mol. The fourth-order valence-electron chi connectivity index (χ4n) is 3.85. The summed E-state index contributed by atoms with van der Waals surface area (Å²) < 4.78 is 54.3. The minimum absolute atomic E-state index is 0.0300. The maximum atomic E-state index is 13.7. The van der Waals surface area contributed by atoms with Crippen molar-refractivity contribution < 1.29 is 37.7 Å². The van der Waals surface area contributed by atoms with Crippen molar-refractivity contribution in [1.29, 1.82) is 0 Å². The van der Waals surface area contributed by atoms with Crippen LogP contribution in [0.3, 0.4) is 0 Å². The number of benzene rings is 1. The number of aromatic nitrogens is 5. The summed E-state index contributed by atoms with van der Waals surface area (Å²) in [5.74, 6) is 1.43. The van der Waals surface area contributed by atoms with Gasteiger partial charge in [-0.05, 0) is 18.6 Å². The Morgan fingerprint density at radius 1 is 1.26 bits per heavy atom. The van der Waals surface area contributed by atoms with Crippen molar-refractivity contribution in [2.24, 2.45) is 0 Å². The first kappa shape index (κ1) is 27.4. The van der Waals surface area contributed by atoms with E-state index in [2.05, 4.69) is 26.3 Å². The van der Waals surface area contributed by atoms with Gasteiger partial charge in [-0.2, -0.15) is 18.3 Å². The number of aromatic hydroxyl groups is 1. The Morgan fingerprint density at radius 2 is 2.05 bits per heavy atom. The van der Waals surface area contributed by atoms with Gasteiger partial charge in [-0.15, -0.1) is 6.42 Å². The minimum atomic E-state index is -4.73. The summed E-state index contributed by atoms with van der Waals surface area (Å²) in [6.45, 7) is 1.81. The van der Waals surface area contributed by atoms with E-state index < -0.39 is 17.8 Å². The molecule has 0 bridgehead atoms. The molecule has 0 spiro atoms. The number of ether oxygens (including phenoxy) is 2. The van der Waals surface area contributed by atoms with Crippen molar-refractivity contribution in [3.63, 3.8) is 0 Å². The highest BCUT2D eigenvalue weighted by Gasteiger charge is 2.38. The molecule has 0 aliphatic rings. The third-order valence-corrected chi connectivity index (χ3v) is 5.45. The molecule has 0 atom stereocenters. The normalized spacial score (nSPS) is 11.5. The summed E-state index contributed by atoms with van der Waals surface area (Å²) in [6, 6.07) is 2.71. The van der Waals surface area contributed by atoms with Crippen LogP contribution in [-0.2, 0) is 17.5 Å². The lowest BCUT2D eigenvalue weighted by molar-refractivity contribution is -0.141. The third-order valence-electron chi connectivity index (χ3n) is 5.45. The van der Waals surface area contributed by atoms with E-state index in [9.17, 15) is 23.1 Å². The van der Waals surface area contributed by atoms with Gasteiger partial charge in [0.15, 0.2) is 5.69 Å². The van der Waals surface area contributed by atoms with Crippen molar-refractivity contribution >= 4 is 11.6 Å². The molecule has 4 rings (SSSR count). The zero-order valence-corrected chi connectivity index (χ0v) is 20.6. The number of terminal acetylenes is 1. The fourth-order valence-corrected chi connectivity index (χ4v) is 3.85. The molecule has 14 heteroatoms. The van der Waals surface area contributed by atoms with E-state index >= 15 is 0 Å². The molecule has 39 heavy (non-hydrogen) atoms. The number of hydrogen-bond acceptors (Lipinski definition) is 8. The largest absolute Gasteiger partial charge is 0.507 e. The van der Waals surface area contributed by atoms with Crippen LogP contribution in [0, 0.1) is 19.3 Å². The number of rotatable bonds is 10.